The zero-order valence-electron chi connectivity index (χ0n) is 8.16. The summed E-state index contributed by atoms with van der Waals surface area (Å²) < 4.78 is 0. The van der Waals surface area contributed by atoms with Crippen LogP contribution in [0.2, 0.25) is 0 Å². The Morgan fingerprint density at radius 3 is 3.00 bits per heavy atom. The van der Waals surface area contributed by atoms with Gasteiger partial charge in [-0.3, -0.25) is 9.59 Å². The van der Waals surface area contributed by atoms with Crippen molar-refractivity contribution in [1.29, 1.82) is 0 Å². The van der Waals surface area contributed by atoms with E-state index < -0.39 is 16.9 Å². The van der Waals surface area contributed by atoms with E-state index in [2.05, 4.69) is 15.1 Å². The molecule has 8 heteroatoms. The normalized spacial score (nSPS) is 18.2. The van der Waals surface area contributed by atoms with Crippen LogP contribution in [0.25, 0.3) is 0 Å². The number of carbonyl (C=O) groups is 2. The predicted octanol–water partition coefficient (Wildman–Crippen LogP) is -0.906. The Kier molecular flexibility index (Phi) is 4.13. The first-order chi connectivity index (χ1) is 7.59. The summed E-state index contributed by atoms with van der Waals surface area (Å²) in [5.41, 5.74) is 0. The smallest absolute Gasteiger partial charge is 0.294 e. The summed E-state index contributed by atoms with van der Waals surface area (Å²) >= 11 is 0. The molecule has 1 aliphatic rings. The maximum Gasteiger partial charge on any atom is 0.294 e. The van der Waals surface area contributed by atoms with Gasteiger partial charge >= 0.3 is 0 Å². The van der Waals surface area contributed by atoms with Gasteiger partial charge < -0.3 is 10.2 Å². The minimum atomic E-state index is -0.938. The van der Waals surface area contributed by atoms with Gasteiger partial charge in [0.15, 0.2) is 0 Å². The first kappa shape index (κ1) is 11.8. The van der Waals surface area contributed by atoms with Gasteiger partial charge in [0.1, 0.15) is 6.61 Å². The zero-order chi connectivity index (χ0) is 12.0. The molecular formula is C8H9N3O5. The minimum Gasteiger partial charge on any atom is -0.353 e. The third kappa shape index (κ3) is 3.86. The standard InChI is InChI=1S/C8H9N3O5/c12-7-2-1-6(5-10-7)8(13)9-3-4-16-11(14)15/h1-2,5-6H,3-4H2,(H,9,13). The molecule has 0 bridgehead atoms. The predicted molar refractivity (Wildman–Crippen MR) is 52.1 cm³/mol. The second-order valence-electron chi connectivity index (χ2n) is 2.85. The van der Waals surface area contributed by atoms with E-state index in [4.69, 9.17) is 0 Å². The van der Waals surface area contributed by atoms with E-state index in [-0.39, 0.29) is 19.1 Å². The summed E-state index contributed by atoms with van der Waals surface area (Å²) in [4.78, 5) is 39.2. The summed E-state index contributed by atoms with van der Waals surface area (Å²) in [6, 6.07) is 0. The second-order valence-corrected chi connectivity index (χ2v) is 2.85. The fraction of sp³-hybridized carbons (Fsp3) is 0.375. The Morgan fingerprint density at radius 2 is 2.44 bits per heavy atom. The Balaban J connectivity index is 2.25. The van der Waals surface area contributed by atoms with Gasteiger partial charge in [-0.2, -0.15) is 0 Å². The largest absolute Gasteiger partial charge is 0.353 e. The number of rotatable bonds is 5. The molecule has 1 atom stereocenters. The molecule has 0 fully saturated rings. The summed E-state index contributed by atoms with van der Waals surface area (Å²) in [6.07, 6.45) is 3.81. The van der Waals surface area contributed by atoms with E-state index >= 15 is 0 Å². The number of hydrogen-bond acceptors (Lipinski definition) is 5. The highest BCUT2D eigenvalue weighted by molar-refractivity contribution is 6.05. The van der Waals surface area contributed by atoms with Gasteiger partial charge in [0.25, 0.3) is 11.0 Å². The van der Waals surface area contributed by atoms with E-state index in [9.17, 15) is 19.7 Å². The molecule has 0 saturated carbocycles. The molecule has 86 valence electrons. The van der Waals surface area contributed by atoms with Crippen molar-refractivity contribution in [2.45, 2.75) is 0 Å². The number of aliphatic imine (C=N–C) groups is 1. The lowest BCUT2D eigenvalue weighted by Gasteiger charge is -2.09. The molecule has 0 aromatic carbocycles. The highest BCUT2D eigenvalue weighted by Gasteiger charge is 2.15. The molecule has 16 heavy (non-hydrogen) atoms. The number of amides is 2. The van der Waals surface area contributed by atoms with Crippen LogP contribution in [-0.4, -0.2) is 36.3 Å². The van der Waals surface area contributed by atoms with Gasteiger partial charge in [0.2, 0.25) is 5.91 Å². The van der Waals surface area contributed by atoms with Gasteiger partial charge in [-0.15, -0.1) is 10.1 Å². The van der Waals surface area contributed by atoms with Crippen molar-refractivity contribution in [1.82, 2.24) is 5.32 Å². The summed E-state index contributed by atoms with van der Waals surface area (Å²) in [5, 5.41) is 11.2. The lowest BCUT2D eigenvalue weighted by molar-refractivity contribution is -0.757. The van der Waals surface area contributed by atoms with Crippen molar-refractivity contribution in [3.63, 3.8) is 0 Å². The number of carbonyl (C=O) groups excluding carboxylic acids is 2. The lowest BCUT2D eigenvalue weighted by atomic mass is 10.1. The zero-order valence-corrected chi connectivity index (χ0v) is 8.16. The van der Waals surface area contributed by atoms with Crippen LogP contribution in [0.3, 0.4) is 0 Å². The molecule has 1 rings (SSSR count). The molecule has 0 aromatic heterocycles. The summed E-state index contributed by atoms with van der Waals surface area (Å²) in [7, 11) is 0. The molecule has 1 heterocycles. The van der Waals surface area contributed by atoms with Crippen LogP contribution in [0.5, 0.6) is 0 Å². The lowest BCUT2D eigenvalue weighted by Crippen LogP contribution is -2.34. The van der Waals surface area contributed by atoms with Crippen LogP contribution < -0.4 is 5.32 Å². The van der Waals surface area contributed by atoms with Gasteiger partial charge in [-0.1, -0.05) is 6.08 Å². The van der Waals surface area contributed by atoms with Crippen molar-refractivity contribution < 1.29 is 19.5 Å². The molecule has 1 N–H and O–H groups in total. The average molecular weight is 227 g/mol. The Bertz CT molecular complexity index is 347. The SMILES string of the molecule is O=C1C=CC(C(=O)NCCO[N+](=O)[O-])C=N1. The Morgan fingerprint density at radius 1 is 1.69 bits per heavy atom. The highest BCUT2D eigenvalue weighted by Crippen LogP contribution is 2.01. The van der Waals surface area contributed by atoms with E-state index in [1.54, 1.807) is 0 Å². The molecule has 1 aliphatic heterocycles. The molecule has 0 radical (unpaired) electrons. The van der Waals surface area contributed by atoms with E-state index in [1.165, 1.54) is 18.4 Å². The molecule has 0 aliphatic carbocycles. The third-order valence-electron chi connectivity index (χ3n) is 1.71. The number of nitrogens with one attached hydrogen (secondary N) is 1. The van der Waals surface area contributed by atoms with Crippen LogP contribution >= 0.6 is 0 Å². The Hall–Kier alpha value is -2.25. The highest BCUT2D eigenvalue weighted by atomic mass is 16.9. The molecule has 0 saturated heterocycles. The van der Waals surface area contributed by atoms with Crippen LogP contribution in [0.15, 0.2) is 17.1 Å². The van der Waals surface area contributed by atoms with Crippen molar-refractivity contribution in [3.8, 4) is 0 Å². The monoisotopic (exact) mass is 227 g/mol. The topological polar surface area (TPSA) is 111 Å². The van der Waals surface area contributed by atoms with E-state index in [1.807, 2.05) is 0 Å². The molecule has 8 nitrogen and oxygen atoms in total. The van der Waals surface area contributed by atoms with Crippen molar-refractivity contribution in [2.75, 3.05) is 13.2 Å². The number of hydrogen-bond donors (Lipinski definition) is 1. The molecule has 2 amide bonds. The maximum atomic E-state index is 11.4. The van der Waals surface area contributed by atoms with Gasteiger partial charge in [0.05, 0.1) is 5.92 Å². The molecule has 0 aromatic rings. The van der Waals surface area contributed by atoms with Crippen LogP contribution in [0.1, 0.15) is 0 Å². The van der Waals surface area contributed by atoms with Crippen molar-refractivity contribution in [2.24, 2.45) is 10.9 Å². The second kappa shape index (κ2) is 5.59. The molecular weight excluding hydrogens is 218 g/mol. The quantitative estimate of drug-likeness (QED) is 0.371. The third-order valence-corrected chi connectivity index (χ3v) is 1.71. The molecule has 1 unspecified atom stereocenters. The number of dihydropyridines is 1. The first-order valence-electron chi connectivity index (χ1n) is 4.41. The minimum absolute atomic E-state index is 0.0198. The van der Waals surface area contributed by atoms with E-state index in [0.29, 0.717) is 0 Å². The van der Waals surface area contributed by atoms with Gasteiger partial charge in [-0.05, 0) is 0 Å². The van der Waals surface area contributed by atoms with Crippen LogP contribution in [-0.2, 0) is 14.4 Å². The fourth-order valence-corrected chi connectivity index (χ4v) is 1.000. The van der Waals surface area contributed by atoms with Gasteiger partial charge in [-0.25, -0.2) is 4.99 Å². The summed E-state index contributed by atoms with van der Waals surface area (Å²) in [5.74, 6) is -1.42. The van der Waals surface area contributed by atoms with Gasteiger partial charge in [0, 0.05) is 18.8 Å². The fourth-order valence-electron chi connectivity index (χ4n) is 1.000. The molecule has 0 spiro atoms. The van der Waals surface area contributed by atoms with Crippen molar-refractivity contribution in [3.05, 3.63) is 22.3 Å². The van der Waals surface area contributed by atoms with Crippen LogP contribution in [0, 0.1) is 16.0 Å². The Labute approximate surface area is 90.1 Å². The first-order valence-corrected chi connectivity index (χ1v) is 4.41. The average Bonchev–Trinajstić information content (AvgIpc) is 2.25. The number of nitrogens with zero attached hydrogens (tertiary/aromatic N) is 2. The van der Waals surface area contributed by atoms with Crippen LogP contribution in [0.4, 0.5) is 0 Å². The van der Waals surface area contributed by atoms with E-state index in [0.717, 1.165) is 0 Å². The summed E-state index contributed by atoms with van der Waals surface area (Å²) in [6.45, 7) is -0.197. The maximum absolute atomic E-state index is 11.4. The van der Waals surface area contributed by atoms with Crippen molar-refractivity contribution >= 4 is 18.0 Å².